The maximum absolute atomic E-state index is 12.0. The summed E-state index contributed by atoms with van der Waals surface area (Å²) in [5.74, 6) is 0. The largest absolute Gasteiger partial charge is 0.308 e. The minimum atomic E-state index is -0.0287. The second kappa shape index (κ2) is 5.38. The molecule has 1 N–H and O–H groups in total. The molecular formula is C15H16ClN3O. The van der Waals surface area contributed by atoms with Gasteiger partial charge in [0.2, 0.25) is 5.43 Å². The third kappa shape index (κ3) is 2.76. The Hall–Kier alpha value is -1.65. The molecule has 1 aliphatic carbocycles. The van der Waals surface area contributed by atoms with Crippen LogP contribution in [0, 0.1) is 6.92 Å². The molecule has 0 unspecified atom stereocenters. The zero-order chi connectivity index (χ0) is 14.1. The standard InChI is InChI=1S/C15H16ClN3O/c1-10-8-15(20)13(9-17-11-6-7-11)18-19(10)14-5-3-2-4-12(14)16/h2-5,8,11,17H,6-7,9H2,1H3. The highest BCUT2D eigenvalue weighted by molar-refractivity contribution is 6.32. The Morgan fingerprint density at radius 2 is 2.15 bits per heavy atom. The highest BCUT2D eigenvalue weighted by atomic mass is 35.5. The molecule has 0 amide bonds. The summed E-state index contributed by atoms with van der Waals surface area (Å²) >= 11 is 6.21. The molecule has 1 saturated carbocycles. The van der Waals surface area contributed by atoms with Crippen LogP contribution in [-0.2, 0) is 6.54 Å². The molecule has 3 rings (SSSR count). The van der Waals surface area contributed by atoms with Crippen LogP contribution >= 0.6 is 11.6 Å². The van der Waals surface area contributed by atoms with Crippen molar-refractivity contribution < 1.29 is 0 Å². The zero-order valence-corrected chi connectivity index (χ0v) is 12.0. The van der Waals surface area contributed by atoms with Gasteiger partial charge in [0.05, 0.1) is 10.7 Å². The van der Waals surface area contributed by atoms with Gasteiger partial charge in [-0.15, -0.1) is 0 Å². The Labute approximate surface area is 122 Å². The molecule has 4 nitrogen and oxygen atoms in total. The Balaban J connectivity index is 1.99. The number of hydrogen-bond acceptors (Lipinski definition) is 3. The van der Waals surface area contributed by atoms with Crippen LogP contribution in [0.15, 0.2) is 35.1 Å². The van der Waals surface area contributed by atoms with Crippen LogP contribution in [0.1, 0.15) is 24.2 Å². The highest BCUT2D eigenvalue weighted by Crippen LogP contribution is 2.20. The number of aromatic nitrogens is 2. The van der Waals surface area contributed by atoms with Crippen molar-refractivity contribution in [1.29, 1.82) is 0 Å². The van der Waals surface area contributed by atoms with Gasteiger partial charge in [-0.25, -0.2) is 4.68 Å². The van der Waals surface area contributed by atoms with E-state index in [1.807, 2.05) is 31.2 Å². The lowest BCUT2D eigenvalue weighted by molar-refractivity contribution is 0.642. The first kappa shape index (κ1) is 13.3. The van der Waals surface area contributed by atoms with E-state index in [1.54, 1.807) is 10.7 Å². The van der Waals surface area contributed by atoms with Crippen molar-refractivity contribution in [3.8, 4) is 5.69 Å². The molecule has 0 atom stereocenters. The number of aryl methyl sites for hydroxylation is 1. The van der Waals surface area contributed by atoms with Crippen LogP contribution in [0.25, 0.3) is 5.69 Å². The van der Waals surface area contributed by atoms with E-state index in [-0.39, 0.29) is 5.43 Å². The molecule has 0 radical (unpaired) electrons. The normalized spacial score (nSPS) is 14.5. The Morgan fingerprint density at radius 3 is 2.85 bits per heavy atom. The van der Waals surface area contributed by atoms with Gasteiger partial charge in [-0.2, -0.15) is 5.10 Å². The molecule has 1 fully saturated rings. The second-order valence-electron chi connectivity index (χ2n) is 5.12. The summed E-state index contributed by atoms with van der Waals surface area (Å²) in [5, 5.41) is 8.40. The fraction of sp³-hybridized carbons (Fsp3) is 0.333. The Morgan fingerprint density at radius 1 is 1.40 bits per heavy atom. The van der Waals surface area contributed by atoms with Gasteiger partial charge in [-0.3, -0.25) is 4.79 Å². The van der Waals surface area contributed by atoms with Crippen molar-refractivity contribution in [2.75, 3.05) is 0 Å². The molecular weight excluding hydrogens is 274 g/mol. The van der Waals surface area contributed by atoms with Crippen LogP contribution in [0.3, 0.4) is 0 Å². The van der Waals surface area contributed by atoms with Gasteiger partial charge in [0.25, 0.3) is 0 Å². The molecule has 5 heteroatoms. The number of nitrogens with zero attached hydrogens (tertiary/aromatic N) is 2. The predicted molar refractivity (Wildman–Crippen MR) is 79.4 cm³/mol. The third-order valence-corrected chi connectivity index (χ3v) is 3.71. The first-order valence-electron chi connectivity index (χ1n) is 6.73. The van der Waals surface area contributed by atoms with Crippen LogP contribution in [-0.4, -0.2) is 15.8 Å². The topological polar surface area (TPSA) is 46.9 Å². The molecule has 104 valence electrons. The molecule has 0 bridgehead atoms. The maximum atomic E-state index is 12.0. The predicted octanol–water partition coefficient (Wildman–Crippen LogP) is 2.45. The minimum Gasteiger partial charge on any atom is -0.308 e. The SMILES string of the molecule is Cc1cc(=O)c(CNC2CC2)nn1-c1ccccc1Cl. The Kier molecular flexibility index (Phi) is 3.59. The van der Waals surface area contributed by atoms with E-state index >= 15 is 0 Å². The van der Waals surface area contributed by atoms with Gasteiger partial charge in [0.1, 0.15) is 5.69 Å². The van der Waals surface area contributed by atoms with E-state index in [1.165, 1.54) is 12.8 Å². The van der Waals surface area contributed by atoms with Gasteiger partial charge in [-0.05, 0) is 31.9 Å². The number of para-hydroxylation sites is 1. The van der Waals surface area contributed by atoms with Crippen molar-refractivity contribution in [2.45, 2.75) is 32.4 Å². The van der Waals surface area contributed by atoms with Crippen molar-refractivity contribution >= 4 is 11.6 Å². The van der Waals surface area contributed by atoms with Crippen LogP contribution in [0.4, 0.5) is 0 Å². The third-order valence-electron chi connectivity index (χ3n) is 3.40. The fourth-order valence-corrected chi connectivity index (χ4v) is 2.32. The van der Waals surface area contributed by atoms with Crippen molar-refractivity contribution in [1.82, 2.24) is 15.1 Å². The summed E-state index contributed by atoms with van der Waals surface area (Å²) in [5.41, 5.74) is 2.07. The number of rotatable bonds is 4. The van der Waals surface area contributed by atoms with Gasteiger partial charge in [0.15, 0.2) is 0 Å². The summed E-state index contributed by atoms with van der Waals surface area (Å²) < 4.78 is 1.73. The first-order chi connectivity index (χ1) is 9.65. The summed E-state index contributed by atoms with van der Waals surface area (Å²) in [4.78, 5) is 12.0. The summed E-state index contributed by atoms with van der Waals surface area (Å²) in [6, 6.07) is 9.65. The smallest absolute Gasteiger partial charge is 0.204 e. The van der Waals surface area contributed by atoms with Crippen molar-refractivity contribution in [2.24, 2.45) is 0 Å². The molecule has 2 aromatic rings. The summed E-state index contributed by atoms with van der Waals surface area (Å²) in [6.07, 6.45) is 2.37. The molecule has 0 saturated heterocycles. The van der Waals surface area contributed by atoms with E-state index in [9.17, 15) is 4.79 Å². The molecule has 20 heavy (non-hydrogen) atoms. The number of benzene rings is 1. The van der Waals surface area contributed by atoms with E-state index in [0.717, 1.165) is 11.4 Å². The monoisotopic (exact) mass is 289 g/mol. The lowest BCUT2D eigenvalue weighted by Crippen LogP contribution is -2.25. The first-order valence-corrected chi connectivity index (χ1v) is 7.11. The lowest BCUT2D eigenvalue weighted by atomic mass is 10.3. The van der Waals surface area contributed by atoms with Gasteiger partial charge in [0, 0.05) is 24.3 Å². The van der Waals surface area contributed by atoms with E-state index in [4.69, 9.17) is 11.6 Å². The van der Waals surface area contributed by atoms with Crippen molar-refractivity contribution in [3.63, 3.8) is 0 Å². The quantitative estimate of drug-likeness (QED) is 0.940. The van der Waals surface area contributed by atoms with E-state index in [0.29, 0.717) is 23.3 Å². The second-order valence-corrected chi connectivity index (χ2v) is 5.52. The fourth-order valence-electron chi connectivity index (χ4n) is 2.10. The molecule has 1 aliphatic rings. The van der Waals surface area contributed by atoms with Crippen LogP contribution in [0.2, 0.25) is 5.02 Å². The molecule has 1 aromatic heterocycles. The minimum absolute atomic E-state index is 0.0287. The van der Waals surface area contributed by atoms with Gasteiger partial charge in [-0.1, -0.05) is 23.7 Å². The molecule has 1 heterocycles. The zero-order valence-electron chi connectivity index (χ0n) is 11.3. The number of halogens is 1. The number of hydrogen-bond donors (Lipinski definition) is 1. The van der Waals surface area contributed by atoms with Crippen LogP contribution < -0.4 is 10.7 Å². The van der Waals surface area contributed by atoms with Gasteiger partial charge < -0.3 is 5.32 Å². The average Bonchev–Trinajstić information content (AvgIpc) is 3.23. The van der Waals surface area contributed by atoms with E-state index < -0.39 is 0 Å². The lowest BCUT2D eigenvalue weighted by Gasteiger charge is -2.12. The maximum Gasteiger partial charge on any atom is 0.204 e. The van der Waals surface area contributed by atoms with Crippen molar-refractivity contribution in [3.05, 3.63) is 57.0 Å². The molecule has 0 aliphatic heterocycles. The Bertz CT molecular complexity index is 692. The van der Waals surface area contributed by atoms with Gasteiger partial charge >= 0.3 is 0 Å². The number of nitrogens with one attached hydrogen (secondary N) is 1. The summed E-state index contributed by atoms with van der Waals surface area (Å²) in [6.45, 7) is 2.37. The molecule has 0 spiro atoms. The molecule has 1 aromatic carbocycles. The highest BCUT2D eigenvalue weighted by Gasteiger charge is 2.21. The van der Waals surface area contributed by atoms with Crippen LogP contribution in [0.5, 0.6) is 0 Å². The van der Waals surface area contributed by atoms with E-state index in [2.05, 4.69) is 10.4 Å². The average molecular weight is 290 g/mol. The summed E-state index contributed by atoms with van der Waals surface area (Å²) in [7, 11) is 0.